The number of fused-ring (bicyclic) bond motifs is 1. The van der Waals surface area contributed by atoms with Gasteiger partial charge in [0.25, 0.3) is 5.91 Å². The van der Waals surface area contributed by atoms with E-state index in [0.717, 1.165) is 69.6 Å². The van der Waals surface area contributed by atoms with E-state index in [2.05, 4.69) is 20.4 Å². The zero-order valence-electron chi connectivity index (χ0n) is 14.1. The summed E-state index contributed by atoms with van der Waals surface area (Å²) in [4.78, 5) is 15.3. The summed E-state index contributed by atoms with van der Waals surface area (Å²) in [5.74, 6) is 0.0913. The van der Waals surface area contributed by atoms with Gasteiger partial charge in [-0.1, -0.05) is 12.8 Å². The lowest BCUT2D eigenvalue weighted by molar-refractivity contribution is 0.0415. The molecule has 0 bridgehead atoms. The van der Waals surface area contributed by atoms with Gasteiger partial charge < -0.3 is 15.0 Å². The number of carbonyl (C=O) groups is 1. The molecule has 0 spiro atoms. The van der Waals surface area contributed by atoms with Crippen molar-refractivity contribution in [1.82, 2.24) is 20.4 Å². The highest BCUT2D eigenvalue weighted by Crippen LogP contribution is 2.28. The largest absolute Gasteiger partial charge is 0.376 e. The fraction of sp³-hybridized carbons (Fsp3) is 0.765. The van der Waals surface area contributed by atoms with Gasteiger partial charge in [-0.25, -0.2) is 0 Å². The standard InChI is InChI=1S/C17H26N4O2.ClH/c22-17(16-14-10-18-8-7-15(14)19-20-16)21(12-4-1-2-5-12)11-13-6-3-9-23-13;/h12-13,18H,1-11H2,(H,19,20);1H. The van der Waals surface area contributed by atoms with Crippen LogP contribution in [0.25, 0.3) is 0 Å². The molecular formula is C17H27ClN4O2. The predicted octanol–water partition coefficient (Wildman–Crippen LogP) is 2.04. The van der Waals surface area contributed by atoms with E-state index >= 15 is 0 Å². The minimum atomic E-state index is 0. The van der Waals surface area contributed by atoms with Crippen LogP contribution in [0, 0.1) is 0 Å². The van der Waals surface area contributed by atoms with Crippen LogP contribution in [0.3, 0.4) is 0 Å². The van der Waals surface area contributed by atoms with Gasteiger partial charge in [-0.2, -0.15) is 5.10 Å². The van der Waals surface area contributed by atoms with Crippen molar-refractivity contribution in [1.29, 1.82) is 0 Å². The zero-order chi connectivity index (χ0) is 15.6. The zero-order valence-corrected chi connectivity index (χ0v) is 14.9. The van der Waals surface area contributed by atoms with Gasteiger partial charge in [-0.3, -0.25) is 9.89 Å². The van der Waals surface area contributed by atoms with Crippen LogP contribution in [0.5, 0.6) is 0 Å². The number of carbonyl (C=O) groups excluding carboxylic acids is 1. The third kappa shape index (κ3) is 3.46. The second-order valence-electron chi connectivity index (χ2n) is 6.99. The van der Waals surface area contributed by atoms with E-state index in [1.54, 1.807) is 0 Å². The fourth-order valence-corrected chi connectivity index (χ4v) is 4.16. The van der Waals surface area contributed by atoms with E-state index in [4.69, 9.17) is 4.74 Å². The molecule has 1 amide bonds. The Morgan fingerprint density at radius 3 is 2.83 bits per heavy atom. The summed E-state index contributed by atoms with van der Waals surface area (Å²) in [6, 6.07) is 0.357. The van der Waals surface area contributed by atoms with Crippen LogP contribution in [0.1, 0.15) is 60.3 Å². The lowest BCUT2D eigenvalue weighted by Crippen LogP contribution is -2.44. The summed E-state index contributed by atoms with van der Waals surface area (Å²) >= 11 is 0. The number of ether oxygens (including phenoxy) is 1. The molecule has 0 aromatic carbocycles. The molecule has 0 radical (unpaired) electrons. The Balaban J connectivity index is 0.00000169. The van der Waals surface area contributed by atoms with Gasteiger partial charge in [0.05, 0.1) is 6.10 Å². The van der Waals surface area contributed by atoms with Gasteiger partial charge in [0.1, 0.15) is 0 Å². The van der Waals surface area contributed by atoms with E-state index < -0.39 is 0 Å². The summed E-state index contributed by atoms with van der Waals surface area (Å²) in [6.45, 7) is 3.24. The predicted molar refractivity (Wildman–Crippen MR) is 93.5 cm³/mol. The van der Waals surface area contributed by atoms with Crippen LogP contribution in [0.2, 0.25) is 0 Å². The summed E-state index contributed by atoms with van der Waals surface area (Å²) in [5.41, 5.74) is 2.81. The lowest BCUT2D eigenvalue weighted by atomic mass is 10.0. The Morgan fingerprint density at radius 2 is 2.08 bits per heavy atom. The molecular weight excluding hydrogens is 328 g/mol. The van der Waals surface area contributed by atoms with Crippen molar-refractivity contribution >= 4 is 18.3 Å². The number of amides is 1. The quantitative estimate of drug-likeness (QED) is 0.868. The highest BCUT2D eigenvalue weighted by atomic mass is 35.5. The Hall–Kier alpha value is -1.11. The molecule has 3 heterocycles. The minimum absolute atomic E-state index is 0. The Labute approximate surface area is 149 Å². The number of hydrogen-bond acceptors (Lipinski definition) is 4. The van der Waals surface area contributed by atoms with Crippen molar-refractivity contribution in [3.05, 3.63) is 17.0 Å². The SMILES string of the molecule is Cl.O=C(c1n[nH]c2c1CNCC2)N(CC1CCCO1)C1CCCC1. The maximum absolute atomic E-state index is 13.2. The minimum Gasteiger partial charge on any atom is -0.376 e. The third-order valence-corrected chi connectivity index (χ3v) is 5.46. The summed E-state index contributed by atoms with van der Waals surface area (Å²) in [6.07, 6.45) is 7.97. The molecule has 4 rings (SSSR count). The van der Waals surface area contributed by atoms with E-state index in [9.17, 15) is 4.79 Å². The van der Waals surface area contributed by atoms with Crippen molar-refractivity contribution in [2.24, 2.45) is 0 Å². The van der Waals surface area contributed by atoms with Gasteiger partial charge in [0.2, 0.25) is 0 Å². The van der Waals surface area contributed by atoms with Crippen molar-refractivity contribution in [3.63, 3.8) is 0 Å². The topological polar surface area (TPSA) is 70.2 Å². The first-order valence-corrected chi connectivity index (χ1v) is 9.02. The highest BCUT2D eigenvalue weighted by Gasteiger charge is 2.33. The van der Waals surface area contributed by atoms with E-state index in [0.29, 0.717) is 11.7 Å². The fourth-order valence-electron chi connectivity index (χ4n) is 4.16. The van der Waals surface area contributed by atoms with Gasteiger partial charge >= 0.3 is 0 Å². The molecule has 1 aromatic heterocycles. The van der Waals surface area contributed by atoms with Gasteiger partial charge in [0, 0.05) is 50.0 Å². The first kappa shape index (κ1) is 17.7. The summed E-state index contributed by atoms with van der Waals surface area (Å²) in [7, 11) is 0. The maximum atomic E-state index is 13.2. The molecule has 6 nitrogen and oxygen atoms in total. The number of H-pyrrole nitrogens is 1. The van der Waals surface area contributed by atoms with E-state index in [1.807, 2.05) is 0 Å². The number of hydrogen-bond donors (Lipinski definition) is 2. The number of rotatable bonds is 4. The molecule has 2 fully saturated rings. The van der Waals surface area contributed by atoms with Gasteiger partial charge in [-0.15, -0.1) is 12.4 Å². The molecule has 1 unspecified atom stereocenters. The van der Waals surface area contributed by atoms with E-state index in [-0.39, 0.29) is 24.4 Å². The smallest absolute Gasteiger partial charge is 0.275 e. The average Bonchev–Trinajstić information content (AvgIpc) is 3.32. The number of nitrogens with one attached hydrogen (secondary N) is 2. The van der Waals surface area contributed by atoms with Crippen molar-refractivity contribution in [2.45, 2.75) is 63.6 Å². The van der Waals surface area contributed by atoms with Crippen molar-refractivity contribution in [3.8, 4) is 0 Å². The molecule has 1 saturated heterocycles. The van der Waals surface area contributed by atoms with Crippen LogP contribution in [0.15, 0.2) is 0 Å². The van der Waals surface area contributed by atoms with Crippen molar-refractivity contribution < 1.29 is 9.53 Å². The van der Waals surface area contributed by atoms with Crippen LogP contribution >= 0.6 is 12.4 Å². The third-order valence-electron chi connectivity index (χ3n) is 5.46. The number of aromatic nitrogens is 2. The molecule has 2 aliphatic heterocycles. The second kappa shape index (κ2) is 7.85. The van der Waals surface area contributed by atoms with Gasteiger partial charge in [-0.05, 0) is 25.7 Å². The summed E-state index contributed by atoms with van der Waals surface area (Å²) in [5, 5.41) is 10.8. The number of halogens is 1. The molecule has 7 heteroatoms. The maximum Gasteiger partial charge on any atom is 0.275 e. The molecule has 2 N–H and O–H groups in total. The van der Waals surface area contributed by atoms with Gasteiger partial charge in [0.15, 0.2) is 5.69 Å². The van der Waals surface area contributed by atoms with E-state index in [1.165, 1.54) is 12.8 Å². The van der Waals surface area contributed by atoms with Crippen LogP contribution < -0.4 is 5.32 Å². The molecule has 134 valence electrons. The molecule has 24 heavy (non-hydrogen) atoms. The Kier molecular flexibility index (Phi) is 5.79. The lowest BCUT2D eigenvalue weighted by Gasteiger charge is -2.31. The second-order valence-corrected chi connectivity index (χ2v) is 6.99. The highest BCUT2D eigenvalue weighted by molar-refractivity contribution is 5.94. The molecule has 1 aliphatic carbocycles. The molecule has 1 aromatic rings. The Bertz CT molecular complexity index is 565. The monoisotopic (exact) mass is 354 g/mol. The molecule has 1 saturated carbocycles. The molecule has 3 aliphatic rings. The van der Waals surface area contributed by atoms with Crippen LogP contribution in [0.4, 0.5) is 0 Å². The van der Waals surface area contributed by atoms with Crippen molar-refractivity contribution in [2.75, 3.05) is 19.7 Å². The molecule has 1 atom stereocenters. The normalized spacial score (nSPS) is 23.8. The van der Waals surface area contributed by atoms with Crippen LogP contribution in [-0.2, 0) is 17.7 Å². The number of nitrogens with zero attached hydrogens (tertiary/aromatic N) is 2. The summed E-state index contributed by atoms with van der Waals surface area (Å²) < 4.78 is 5.79. The first-order chi connectivity index (χ1) is 11.3. The number of aromatic amines is 1. The van der Waals surface area contributed by atoms with Crippen LogP contribution in [-0.4, -0.2) is 52.8 Å². The Morgan fingerprint density at radius 1 is 1.25 bits per heavy atom. The average molecular weight is 355 g/mol. The first-order valence-electron chi connectivity index (χ1n) is 9.02.